The molecule has 0 saturated carbocycles. The number of pyridine rings is 1. The number of rotatable bonds is 5. The summed E-state index contributed by atoms with van der Waals surface area (Å²) in [7, 11) is 3.35. The lowest BCUT2D eigenvalue weighted by atomic mass is 10.2. The van der Waals surface area contributed by atoms with Crippen molar-refractivity contribution >= 4 is 23.3 Å². The van der Waals surface area contributed by atoms with E-state index in [9.17, 15) is 4.79 Å². The molecule has 4 rings (SSSR count). The van der Waals surface area contributed by atoms with E-state index in [1.54, 1.807) is 32.7 Å². The van der Waals surface area contributed by atoms with E-state index in [1.807, 2.05) is 10.6 Å². The van der Waals surface area contributed by atoms with Crippen LogP contribution in [0.25, 0.3) is 22.6 Å². The number of ether oxygens (including phenoxy) is 2. The Hall–Kier alpha value is -3.07. The van der Waals surface area contributed by atoms with Crippen LogP contribution >= 0.6 is 0 Å². The normalized spacial score (nSPS) is 19.6. The molecule has 9 heteroatoms. The molecule has 4 heterocycles. The van der Waals surface area contributed by atoms with Crippen LogP contribution in [0, 0.1) is 0 Å². The van der Waals surface area contributed by atoms with Crippen molar-refractivity contribution in [3.8, 4) is 17.3 Å². The minimum atomic E-state index is -0.381. The van der Waals surface area contributed by atoms with Gasteiger partial charge >= 0.3 is 0 Å². The van der Waals surface area contributed by atoms with Crippen LogP contribution < -0.4 is 10.1 Å². The number of methoxy groups -OCH3 is 1. The fourth-order valence-electron chi connectivity index (χ4n) is 3.01. The highest BCUT2D eigenvalue weighted by molar-refractivity contribution is 5.85. The molecule has 2 atom stereocenters. The van der Waals surface area contributed by atoms with Gasteiger partial charge in [0.15, 0.2) is 22.8 Å². The van der Waals surface area contributed by atoms with Crippen LogP contribution in [0.1, 0.15) is 19.1 Å². The molecule has 0 spiro atoms. The number of carbonyl (C=O) groups is 1. The standard InChI is InChI=1S/C17H18N6O3/c1-18-16-14-17(23(9-20-14)13-6-4-11(8-24)26-13)22-15(21-16)10-3-5-12(25-2)19-7-10/h3,5,7-9,11,13H,4,6H2,1-2H3,(H,18,21,22)/t11-,13+/m0/s1. The summed E-state index contributed by atoms with van der Waals surface area (Å²) < 4.78 is 12.7. The molecule has 1 fully saturated rings. The predicted molar refractivity (Wildman–Crippen MR) is 93.9 cm³/mol. The molecule has 1 aliphatic heterocycles. The maximum absolute atomic E-state index is 11.0. The van der Waals surface area contributed by atoms with Crippen molar-refractivity contribution in [2.75, 3.05) is 19.5 Å². The van der Waals surface area contributed by atoms with E-state index in [0.29, 0.717) is 35.1 Å². The Balaban J connectivity index is 1.79. The summed E-state index contributed by atoms with van der Waals surface area (Å²) >= 11 is 0. The van der Waals surface area contributed by atoms with Crippen LogP contribution in [-0.2, 0) is 9.53 Å². The van der Waals surface area contributed by atoms with Crippen molar-refractivity contribution in [2.24, 2.45) is 0 Å². The number of hydrogen-bond acceptors (Lipinski definition) is 8. The van der Waals surface area contributed by atoms with Crippen molar-refractivity contribution in [1.82, 2.24) is 24.5 Å². The van der Waals surface area contributed by atoms with Crippen molar-refractivity contribution in [3.63, 3.8) is 0 Å². The van der Waals surface area contributed by atoms with Gasteiger partial charge in [-0.15, -0.1) is 0 Å². The van der Waals surface area contributed by atoms with Gasteiger partial charge in [-0.3, -0.25) is 4.57 Å². The molecule has 0 radical (unpaired) electrons. The second-order valence-corrected chi connectivity index (χ2v) is 5.90. The second-order valence-electron chi connectivity index (χ2n) is 5.90. The zero-order chi connectivity index (χ0) is 18.1. The third kappa shape index (κ3) is 2.76. The van der Waals surface area contributed by atoms with Gasteiger partial charge in [0.1, 0.15) is 18.6 Å². The molecular formula is C17H18N6O3. The maximum atomic E-state index is 11.0. The number of imidazole rings is 1. The minimum absolute atomic E-state index is 0.267. The first-order valence-electron chi connectivity index (χ1n) is 8.27. The summed E-state index contributed by atoms with van der Waals surface area (Å²) in [6.07, 6.45) is 4.94. The van der Waals surface area contributed by atoms with Crippen molar-refractivity contribution < 1.29 is 14.3 Å². The average Bonchev–Trinajstić information content (AvgIpc) is 3.33. The summed E-state index contributed by atoms with van der Waals surface area (Å²) in [4.78, 5) is 28.8. The Morgan fingerprint density at radius 3 is 2.85 bits per heavy atom. The molecule has 134 valence electrons. The lowest BCUT2D eigenvalue weighted by Crippen LogP contribution is -2.12. The van der Waals surface area contributed by atoms with Crippen molar-refractivity contribution in [2.45, 2.75) is 25.2 Å². The smallest absolute Gasteiger partial charge is 0.212 e. The minimum Gasteiger partial charge on any atom is -0.481 e. The van der Waals surface area contributed by atoms with Gasteiger partial charge < -0.3 is 19.6 Å². The highest BCUT2D eigenvalue weighted by atomic mass is 16.5. The van der Waals surface area contributed by atoms with Gasteiger partial charge in [-0.25, -0.2) is 19.9 Å². The van der Waals surface area contributed by atoms with Gasteiger partial charge in [0.05, 0.1) is 13.4 Å². The highest BCUT2D eigenvalue weighted by Crippen LogP contribution is 2.32. The summed E-state index contributed by atoms with van der Waals surface area (Å²) in [6, 6.07) is 3.61. The van der Waals surface area contributed by atoms with Gasteiger partial charge in [0, 0.05) is 24.9 Å². The van der Waals surface area contributed by atoms with Gasteiger partial charge in [0.2, 0.25) is 5.88 Å². The van der Waals surface area contributed by atoms with E-state index in [0.717, 1.165) is 18.3 Å². The number of nitrogens with zero attached hydrogens (tertiary/aromatic N) is 5. The molecule has 1 aliphatic rings. The van der Waals surface area contributed by atoms with Crippen LogP contribution in [0.3, 0.4) is 0 Å². The lowest BCUT2D eigenvalue weighted by Gasteiger charge is -2.13. The third-order valence-electron chi connectivity index (χ3n) is 4.35. The third-order valence-corrected chi connectivity index (χ3v) is 4.35. The fraction of sp³-hybridized carbons (Fsp3) is 0.353. The van der Waals surface area contributed by atoms with Gasteiger partial charge in [0.25, 0.3) is 0 Å². The quantitative estimate of drug-likeness (QED) is 0.692. The van der Waals surface area contributed by atoms with Crippen LogP contribution in [0.15, 0.2) is 24.7 Å². The van der Waals surface area contributed by atoms with E-state index in [2.05, 4.69) is 25.3 Å². The SMILES string of the molecule is CNc1nc(-c2ccc(OC)nc2)nc2c1ncn2[C@H]1CC[C@@H](C=O)O1. The molecule has 0 unspecified atom stereocenters. The molecule has 0 aromatic carbocycles. The summed E-state index contributed by atoms with van der Waals surface area (Å²) in [5.74, 6) is 1.65. The molecule has 3 aromatic rings. The van der Waals surface area contributed by atoms with E-state index >= 15 is 0 Å². The zero-order valence-electron chi connectivity index (χ0n) is 14.4. The van der Waals surface area contributed by atoms with Crippen LogP contribution in [0.5, 0.6) is 5.88 Å². The molecule has 0 bridgehead atoms. The van der Waals surface area contributed by atoms with Crippen molar-refractivity contribution in [3.05, 3.63) is 24.7 Å². The number of anilines is 1. The number of hydrogen-bond donors (Lipinski definition) is 1. The molecule has 9 nitrogen and oxygen atoms in total. The molecule has 0 aliphatic carbocycles. The molecule has 0 amide bonds. The first-order chi connectivity index (χ1) is 12.7. The first-order valence-corrected chi connectivity index (χ1v) is 8.27. The number of carbonyl (C=O) groups excluding carboxylic acids is 1. The largest absolute Gasteiger partial charge is 0.481 e. The molecule has 1 saturated heterocycles. The lowest BCUT2D eigenvalue weighted by molar-refractivity contribution is -0.119. The second kappa shape index (κ2) is 6.68. The van der Waals surface area contributed by atoms with E-state index < -0.39 is 0 Å². The predicted octanol–water partition coefficient (Wildman–Crippen LogP) is 1.82. The van der Waals surface area contributed by atoms with Crippen LogP contribution in [-0.4, -0.2) is 51.1 Å². The maximum Gasteiger partial charge on any atom is 0.212 e. The number of aromatic nitrogens is 5. The number of aldehydes is 1. The molecule has 1 N–H and O–H groups in total. The highest BCUT2D eigenvalue weighted by Gasteiger charge is 2.28. The Labute approximate surface area is 149 Å². The number of nitrogens with one attached hydrogen (secondary N) is 1. The van der Waals surface area contributed by atoms with E-state index in [-0.39, 0.29) is 12.3 Å². The summed E-state index contributed by atoms with van der Waals surface area (Å²) in [6.45, 7) is 0. The van der Waals surface area contributed by atoms with Crippen LogP contribution in [0.2, 0.25) is 0 Å². The first kappa shape index (κ1) is 16.4. The summed E-state index contributed by atoms with van der Waals surface area (Å²) in [5.41, 5.74) is 2.05. The summed E-state index contributed by atoms with van der Waals surface area (Å²) in [5, 5.41) is 3.06. The molecular weight excluding hydrogens is 336 g/mol. The number of fused-ring (bicyclic) bond motifs is 1. The Morgan fingerprint density at radius 1 is 1.31 bits per heavy atom. The van der Waals surface area contributed by atoms with Gasteiger partial charge in [-0.05, 0) is 18.9 Å². The Bertz CT molecular complexity index is 940. The monoisotopic (exact) mass is 354 g/mol. The van der Waals surface area contributed by atoms with Gasteiger partial charge in [-0.1, -0.05) is 0 Å². The molecule has 26 heavy (non-hydrogen) atoms. The Morgan fingerprint density at radius 2 is 2.19 bits per heavy atom. The van der Waals surface area contributed by atoms with Gasteiger partial charge in [-0.2, -0.15) is 0 Å². The average molecular weight is 354 g/mol. The topological polar surface area (TPSA) is 104 Å². The Kier molecular flexibility index (Phi) is 4.21. The fourth-order valence-corrected chi connectivity index (χ4v) is 3.01. The van der Waals surface area contributed by atoms with Crippen LogP contribution in [0.4, 0.5) is 5.82 Å². The zero-order valence-corrected chi connectivity index (χ0v) is 14.4. The molecule has 3 aromatic heterocycles. The van der Waals surface area contributed by atoms with E-state index in [4.69, 9.17) is 9.47 Å². The van der Waals surface area contributed by atoms with E-state index in [1.165, 1.54) is 0 Å². The van der Waals surface area contributed by atoms with Crippen molar-refractivity contribution in [1.29, 1.82) is 0 Å².